The molecule has 1 aromatic rings. The van der Waals surface area contributed by atoms with Crippen LogP contribution in [-0.2, 0) is 15.1 Å². The summed E-state index contributed by atoms with van der Waals surface area (Å²) in [6.45, 7) is 6.15. The van der Waals surface area contributed by atoms with Crippen LogP contribution < -0.4 is 11.1 Å². The van der Waals surface area contributed by atoms with Gasteiger partial charge in [0.25, 0.3) is 0 Å². The van der Waals surface area contributed by atoms with E-state index in [1.54, 1.807) is 18.4 Å². The van der Waals surface area contributed by atoms with E-state index >= 15 is 0 Å². The first kappa shape index (κ1) is 15.1. The fourth-order valence-electron chi connectivity index (χ4n) is 1.56. The summed E-state index contributed by atoms with van der Waals surface area (Å²) in [5, 5.41) is 5.83. The second-order valence-corrected chi connectivity index (χ2v) is 5.62. The van der Waals surface area contributed by atoms with Gasteiger partial charge in [0.15, 0.2) is 0 Å². The maximum atomic E-state index is 11.9. The van der Waals surface area contributed by atoms with Gasteiger partial charge >= 0.3 is 0 Å². The number of nitrogens with two attached hydrogens (primary N) is 1. The van der Waals surface area contributed by atoms with Crippen LogP contribution in [0.3, 0.4) is 0 Å². The molecule has 1 aromatic heterocycles. The van der Waals surface area contributed by atoms with E-state index in [4.69, 9.17) is 10.5 Å². The maximum Gasteiger partial charge on any atom is 0.223 e. The highest BCUT2D eigenvalue weighted by molar-refractivity contribution is 7.09. The summed E-state index contributed by atoms with van der Waals surface area (Å²) in [5.74, 6) is -0.0786. The molecular weight excluding hydrogens is 250 g/mol. The zero-order chi connectivity index (χ0) is 13.8. The van der Waals surface area contributed by atoms with Crippen molar-refractivity contribution >= 4 is 17.2 Å². The highest BCUT2D eigenvalue weighted by Crippen LogP contribution is 2.23. The number of thiazole rings is 1. The molecule has 102 valence electrons. The Hall–Kier alpha value is -0.980. The summed E-state index contributed by atoms with van der Waals surface area (Å²) < 4.78 is 5.10. The van der Waals surface area contributed by atoms with Crippen LogP contribution in [0.5, 0.6) is 0 Å². The monoisotopic (exact) mass is 271 g/mol. The van der Waals surface area contributed by atoms with Crippen molar-refractivity contribution in [1.82, 2.24) is 10.3 Å². The number of carbonyl (C=O) groups excluding carboxylic acids is 1. The van der Waals surface area contributed by atoms with Crippen molar-refractivity contribution in [2.75, 3.05) is 13.7 Å². The van der Waals surface area contributed by atoms with E-state index in [-0.39, 0.29) is 18.4 Å². The minimum absolute atomic E-state index is 0.0786. The molecule has 0 radical (unpaired) electrons. The predicted octanol–water partition coefficient (Wildman–Crippen LogP) is 1.17. The third-order valence-electron chi connectivity index (χ3n) is 2.61. The van der Waals surface area contributed by atoms with Crippen LogP contribution >= 0.6 is 11.3 Å². The van der Waals surface area contributed by atoms with Gasteiger partial charge in [0.2, 0.25) is 5.91 Å². The molecule has 5 nitrogen and oxygen atoms in total. The first-order valence-corrected chi connectivity index (χ1v) is 6.73. The van der Waals surface area contributed by atoms with Gasteiger partial charge in [-0.1, -0.05) is 0 Å². The minimum Gasteiger partial charge on any atom is -0.380 e. The number of hydrogen-bond acceptors (Lipinski definition) is 5. The lowest BCUT2D eigenvalue weighted by Crippen LogP contribution is -2.43. The summed E-state index contributed by atoms with van der Waals surface area (Å²) >= 11 is 1.55. The van der Waals surface area contributed by atoms with Crippen molar-refractivity contribution in [2.45, 2.75) is 38.8 Å². The van der Waals surface area contributed by atoms with Crippen molar-refractivity contribution in [3.8, 4) is 0 Å². The predicted molar refractivity (Wildman–Crippen MR) is 72.5 cm³/mol. The average molecular weight is 271 g/mol. The normalized spacial score (nSPS) is 13.4. The summed E-state index contributed by atoms with van der Waals surface area (Å²) in [5.41, 5.74) is 5.99. The fraction of sp³-hybridized carbons (Fsp3) is 0.667. The van der Waals surface area contributed by atoms with Gasteiger partial charge in [0.1, 0.15) is 5.01 Å². The number of amides is 1. The van der Waals surface area contributed by atoms with Gasteiger partial charge < -0.3 is 15.8 Å². The van der Waals surface area contributed by atoms with E-state index in [0.29, 0.717) is 6.54 Å². The molecule has 0 saturated heterocycles. The molecule has 0 aliphatic heterocycles. The molecule has 1 amide bonds. The molecule has 0 bridgehead atoms. The van der Waals surface area contributed by atoms with E-state index in [1.165, 1.54) is 0 Å². The average Bonchev–Trinajstić information content (AvgIpc) is 2.73. The van der Waals surface area contributed by atoms with Crippen LogP contribution in [0.15, 0.2) is 5.38 Å². The Morgan fingerprint density at radius 3 is 2.78 bits per heavy atom. The first-order chi connectivity index (χ1) is 8.39. The lowest BCUT2D eigenvalue weighted by atomic mass is 10.1. The third kappa shape index (κ3) is 4.04. The zero-order valence-corrected chi connectivity index (χ0v) is 12.1. The molecule has 0 aliphatic carbocycles. The lowest BCUT2D eigenvalue weighted by Gasteiger charge is -2.25. The number of methoxy groups -OCH3 is 1. The van der Waals surface area contributed by atoms with Crippen molar-refractivity contribution in [1.29, 1.82) is 0 Å². The first-order valence-electron chi connectivity index (χ1n) is 5.85. The van der Waals surface area contributed by atoms with Gasteiger partial charge in [-0.05, 0) is 20.8 Å². The van der Waals surface area contributed by atoms with Crippen molar-refractivity contribution in [3.63, 3.8) is 0 Å². The highest BCUT2D eigenvalue weighted by atomic mass is 32.1. The molecule has 0 saturated carbocycles. The Balaban J connectivity index is 2.62. The van der Waals surface area contributed by atoms with E-state index in [0.717, 1.165) is 10.7 Å². The number of aryl methyl sites for hydroxylation is 1. The van der Waals surface area contributed by atoms with Gasteiger partial charge in [-0.2, -0.15) is 0 Å². The Kier molecular flexibility index (Phi) is 5.25. The zero-order valence-electron chi connectivity index (χ0n) is 11.3. The maximum absolute atomic E-state index is 11.9. The quantitative estimate of drug-likeness (QED) is 0.814. The smallest absolute Gasteiger partial charge is 0.223 e. The lowest BCUT2D eigenvalue weighted by molar-refractivity contribution is -0.125. The van der Waals surface area contributed by atoms with Gasteiger partial charge in [-0.25, -0.2) is 4.98 Å². The molecule has 1 rings (SSSR count). The third-order valence-corrected chi connectivity index (χ3v) is 3.90. The summed E-state index contributed by atoms with van der Waals surface area (Å²) in [6.07, 6.45) is 0.0275. The molecule has 0 spiro atoms. The van der Waals surface area contributed by atoms with Crippen molar-refractivity contribution in [3.05, 3.63) is 16.1 Å². The molecule has 18 heavy (non-hydrogen) atoms. The number of nitrogens with zero attached hydrogens (tertiary/aromatic N) is 1. The molecule has 1 heterocycles. The standard InChI is InChI=1S/C12H21N3O2S/c1-8-7-18-11(14-8)12(2,3)15-10(16)5-9(6-13)17-4/h7,9H,5-6,13H2,1-4H3,(H,15,16). The van der Waals surface area contributed by atoms with E-state index in [9.17, 15) is 4.79 Å². The Bertz CT molecular complexity index is 400. The van der Waals surface area contributed by atoms with Crippen LogP contribution in [0.2, 0.25) is 0 Å². The Morgan fingerprint density at radius 2 is 2.33 bits per heavy atom. The number of rotatable bonds is 6. The Labute approximate surface area is 112 Å². The molecule has 0 fully saturated rings. The summed E-state index contributed by atoms with van der Waals surface area (Å²) in [6, 6.07) is 0. The Morgan fingerprint density at radius 1 is 1.67 bits per heavy atom. The van der Waals surface area contributed by atoms with Crippen LogP contribution in [0.25, 0.3) is 0 Å². The van der Waals surface area contributed by atoms with E-state index in [1.807, 2.05) is 26.2 Å². The number of ether oxygens (including phenoxy) is 1. The van der Waals surface area contributed by atoms with Gasteiger partial charge in [0, 0.05) is 24.7 Å². The van der Waals surface area contributed by atoms with Crippen LogP contribution in [0.1, 0.15) is 31.0 Å². The summed E-state index contributed by atoms with van der Waals surface area (Å²) in [7, 11) is 1.56. The molecule has 3 N–H and O–H groups in total. The number of nitrogens with one attached hydrogen (secondary N) is 1. The molecule has 0 aromatic carbocycles. The molecule has 1 atom stereocenters. The highest BCUT2D eigenvalue weighted by Gasteiger charge is 2.26. The minimum atomic E-state index is -0.469. The topological polar surface area (TPSA) is 77.2 Å². The van der Waals surface area contributed by atoms with Crippen molar-refractivity contribution in [2.24, 2.45) is 5.73 Å². The second kappa shape index (κ2) is 6.26. The summed E-state index contributed by atoms with van der Waals surface area (Å²) in [4.78, 5) is 16.3. The number of carbonyl (C=O) groups is 1. The van der Waals surface area contributed by atoms with Gasteiger partial charge in [-0.15, -0.1) is 11.3 Å². The molecule has 1 unspecified atom stereocenters. The van der Waals surface area contributed by atoms with Gasteiger partial charge in [-0.3, -0.25) is 4.79 Å². The molecular formula is C12H21N3O2S. The number of aromatic nitrogens is 1. The SMILES string of the molecule is COC(CN)CC(=O)NC(C)(C)c1nc(C)cs1. The van der Waals surface area contributed by atoms with E-state index in [2.05, 4.69) is 10.3 Å². The van der Waals surface area contributed by atoms with Crippen LogP contribution in [-0.4, -0.2) is 30.6 Å². The number of hydrogen-bond donors (Lipinski definition) is 2. The fourth-order valence-corrected chi connectivity index (χ4v) is 2.44. The van der Waals surface area contributed by atoms with E-state index < -0.39 is 5.54 Å². The van der Waals surface area contributed by atoms with Crippen LogP contribution in [0.4, 0.5) is 0 Å². The molecule has 6 heteroatoms. The van der Waals surface area contributed by atoms with Gasteiger partial charge in [0.05, 0.1) is 18.1 Å². The molecule has 0 aliphatic rings. The van der Waals surface area contributed by atoms with Crippen molar-refractivity contribution < 1.29 is 9.53 Å². The largest absolute Gasteiger partial charge is 0.380 e. The van der Waals surface area contributed by atoms with Crippen LogP contribution in [0, 0.1) is 6.92 Å². The second-order valence-electron chi connectivity index (χ2n) is 4.76.